The fourth-order valence-electron chi connectivity index (χ4n) is 5.87. The molecule has 0 aromatic heterocycles. The normalized spacial score (nSPS) is 24.9. The SMILES string of the molecule is O=C1CCC(N2Cc3cc(N4CCN(CCC5CCCCC5)CC4)c(F)cc3C2=O)C(=O)N1. The molecule has 0 spiro atoms. The highest BCUT2D eigenvalue weighted by Gasteiger charge is 2.40. The minimum Gasteiger partial charge on any atom is -0.367 e. The number of fused-ring (bicyclic) bond motifs is 1. The standard InChI is InChI=1S/C25H33FN4O3/c26-20-15-19-18(16-30(25(19)33)21-6-7-23(31)27-24(21)32)14-22(20)29-12-10-28(11-13-29)9-8-17-4-2-1-3-5-17/h14-15,17,21H,1-13,16H2,(H,27,31,32). The third-order valence-corrected chi connectivity index (χ3v) is 7.88. The number of amides is 3. The van der Waals surface area contributed by atoms with E-state index in [2.05, 4.69) is 15.1 Å². The first kappa shape index (κ1) is 22.3. The smallest absolute Gasteiger partial charge is 0.255 e. The average molecular weight is 457 g/mol. The molecule has 1 aliphatic carbocycles. The fraction of sp³-hybridized carbons (Fsp3) is 0.640. The molecule has 5 rings (SSSR count). The van der Waals surface area contributed by atoms with Gasteiger partial charge in [-0.25, -0.2) is 4.39 Å². The van der Waals surface area contributed by atoms with Gasteiger partial charge in [0.15, 0.2) is 0 Å². The van der Waals surface area contributed by atoms with E-state index in [0.717, 1.165) is 44.2 Å². The third kappa shape index (κ3) is 4.63. The van der Waals surface area contributed by atoms with Crippen molar-refractivity contribution in [2.24, 2.45) is 5.92 Å². The summed E-state index contributed by atoms with van der Waals surface area (Å²) in [5, 5.41) is 2.30. The Morgan fingerprint density at radius 3 is 2.45 bits per heavy atom. The van der Waals surface area contributed by atoms with Crippen LogP contribution < -0.4 is 10.2 Å². The minimum absolute atomic E-state index is 0.209. The molecule has 2 saturated heterocycles. The highest BCUT2D eigenvalue weighted by atomic mass is 19.1. The van der Waals surface area contributed by atoms with Gasteiger partial charge in [-0.1, -0.05) is 32.1 Å². The first-order chi connectivity index (χ1) is 16.0. The van der Waals surface area contributed by atoms with Crippen molar-refractivity contribution in [3.63, 3.8) is 0 Å². The number of nitrogens with one attached hydrogen (secondary N) is 1. The van der Waals surface area contributed by atoms with Crippen molar-refractivity contribution in [3.05, 3.63) is 29.1 Å². The van der Waals surface area contributed by atoms with Crippen molar-refractivity contribution >= 4 is 23.4 Å². The van der Waals surface area contributed by atoms with Crippen LogP contribution in [0.25, 0.3) is 0 Å². The molecular weight excluding hydrogens is 423 g/mol. The summed E-state index contributed by atoms with van der Waals surface area (Å²) in [6.07, 6.45) is 8.66. The molecule has 3 heterocycles. The van der Waals surface area contributed by atoms with Crippen molar-refractivity contribution in [1.82, 2.24) is 15.1 Å². The van der Waals surface area contributed by atoms with Crippen LogP contribution in [0.5, 0.6) is 0 Å². The van der Waals surface area contributed by atoms with E-state index in [4.69, 9.17) is 0 Å². The summed E-state index contributed by atoms with van der Waals surface area (Å²) in [6.45, 7) is 4.78. The van der Waals surface area contributed by atoms with Crippen LogP contribution in [0.1, 0.15) is 67.3 Å². The number of anilines is 1. The zero-order valence-corrected chi connectivity index (χ0v) is 19.2. The van der Waals surface area contributed by atoms with Gasteiger partial charge in [-0.15, -0.1) is 0 Å². The van der Waals surface area contributed by atoms with Gasteiger partial charge in [0.25, 0.3) is 5.91 Å². The predicted molar refractivity (Wildman–Crippen MR) is 122 cm³/mol. The lowest BCUT2D eigenvalue weighted by Gasteiger charge is -2.37. The van der Waals surface area contributed by atoms with E-state index in [-0.39, 0.29) is 30.6 Å². The van der Waals surface area contributed by atoms with Crippen LogP contribution in [0.15, 0.2) is 12.1 Å². The van der Waals surface area contributed by atoms with Crippen LogP contribution in [-0.2, 0) is 16.1 Å². The van der Waals surface area contributed by atoms with E-state index in [1.807, 2.05) is 0 Å². The Morgan fingerprint density at radius 1 is 0.970 bits per heavy atom. The summed E-state index contributed by atoms with van der Waals surface area (Å²) in [5.41, 5.74) is 1.62. The van der Waals surface area contributed by atoms with Gasteiger partial charge in [0.2, 0.25) is 11.8 Å². The molecule has 0 radical (unpaired) electrons. The quantitative estimate of drug-likeness (QED) is 0.690. The van der Waals surface area contributed by atoms with Gasteiger partial charge in [-0.05, 0) is 43.0 Å². The highest BCUT2D eigenvalue weighted by Crippen LogP contribution is 2.33. The maximum absolute atomic E-state index is 15.0. The number of nitrogens with zero attached hydrogens (tertiary/aromatic N) is 3. The number of halogens is 1. The van der Waals surface area contributed by atoms with Gasteiger partial charge >= 0.3 is 0 Å². The molecule has 7 nitrogen and oxygen atoms in total. The van der Waals surface area contributed by atoms with E-state index in [1.54, 1.807) is 6.07 Å². The molecule has 3 aliphatic heterocycles. The van der Waals surface area contributed by atoms with Crippen LogP contribution in [0.3, 0.4) is 0 Å². The Kier molecular flexibility index (Phi) is 6.36. The summed E-state index contributed by atoms with van der Waals surface area (Å²) >= 11 is 0. The lowest BCUT2D eigenvalue weighted by Crippen LogP contribution is -2.52. The number of hydrogen-bond acceptors (Lipinski definition) is 5. The summed E-state index contributed by atoms with van der Waals surface area (Å²) in [7, 11) is 0. The van der Waals surface area contributed by atoms with Crippen LogP contribution >= 0.6 is 0 Å². The zero-order valence-electron chi connectivity index (χ0n) is 19.2. The first-order valence-electron chi connectivity index (χ1n) is 12.4. The average Bonchev–Trinajstić information content (AvgIpc) is 3.13. The van der Waals surface area contributed by atoms with E-state index in [1.165, 1.54) is 49.5 Å². The molecule has 1 aromatic rings. The van der Waals surface area contributed by atoms with Crippen molar-refractivity contribution < 1.29 is 18.8 Å². The fourth-order valence-corrected chi connectivity index (χ4v) is 5.87. The summed E-state index contributed by atoms with van der Waals surface area (Å²) in [5.74, 6) is -0.611. The summed E-state index contributed by atoms with van der Waals surface area (Å²) in [6, 6.07) is 2.43. The molecule has 1 N–H and O–H groups in total. The van der Waals surface area contributed by atoms with Crippen molar-refractivity contribution in [3.8, 4) is 0 Å². The Morgan fingerprint density at radius 2 is 1.73 bits per heavy atom. The summed E-state index contributed by atoms with van der Waals surface area (Å²) < 4.78 is 15.0. The zero-order chi connectivity index (χ0) is 22.9. The maximum atomic E-state index is 15.0. The van der Waals surface area contributed by atoms with Crippen LogP contribution in [-0.4, -0.2) is 66.3 Å². The van der Waals surface area contributed by atoms with E-state index >= 15 is 4.39 Å². The highest BCUT2D eigenvalue weighted by molar-refractivity contribution is 6.05. The summed E-state index contributed by atoms with van der Waals surface area (Å²) in [4.78, 5) is 42.6. The maximum Gasteiger partial charge on any atom is 0.255 e. The first-order valence-corrected chi connectivity index (χ1v) is 12.4. The third-order valence-electron chi connectivity index (χ3n) is 7.88. The molecular formula is C25H33FN4O3. The molecule has 4 aliphatic rings. The van der Waals surface area contributed by atoms with E-state index in [9.17, 15) is 14.4 Å². The van der Waals surface area contributed by atoms with Crippen LogP contribution in [0.4, 0.5) is 10.1 Å². The second-order valence-electron chi connectivity index (χ2n) is 9.98. The van der Waals surface area contributed by atoms with Crippen LogP contribution in [0.2, 0.25) is 0 Å². The number of piperidine rings is 1. The second-order valence-corrected chi connectivity index (χ2v) is 9.98. The number of benzene rings is 1. The predicted octanol–water partition coefficient (Wildman–Crippen LogP) is 2.68. The number of carbonyl (C=O) groups excluding carboxylic acids is 3. The van der Waals surface area contributed by atoms with E-state index in [0.29, 0.717) is 17.7 Å². The Labute approximate surface area is 194 Å². The number of rotatable bonds is 5. The van der Waals surface area contributed by atoms with Gasteiger partial charge in [0, 0.05) is 44.7 Å². The molecule has 0 bridgehead atoms. The Balaban J connectivity index is 1.21. The molecule has 3 amide bonds. The molecule has 1 saturated carbocycles. The van der Waals surface area contributed by atoms with Gasteiger partial charge < -0.3 is 9.80 Å². The lowest BCUT2D eigenvalue weighted by atomic mass is 9.87. The number of piperazine rings is 1. The monoisotopic (exact) mass is 456 g/mol. The lowest BCUT2D eigenvalue weighted by molar-refractivity contribution is -0.136. The van der Waals surface area contributed by atoms with Crippen molar-refractivity contribution in [1.29, 1.82) is 0 Å². The van der Waals surface area contributed by atoms with Crippen molar-refractivity contribution in [2.75, 3.05) is 37.6 Å². The van der Waals surface area contributed by atoms with Gasteiger partial charge in [0.05, 0.1) is 5.69 Å². The molecule has 1 unspecified atom stereocenters. The topological polar surface area (TPSA) is 73.0 Å². The van der Waals surface area contributed by atoms with E-state index < -0.39 is 11.9 Å². The number of hydrogen-bond donors (Lipinski definition) is 1. The molecule has 3 fully saturated rings. The molecule has 8 heteroatoms. The van der Waals surface area contributed by atoms with Gasteiger partial charge in [-0.3, -0.25) is 24.6 Å². The minimum atomic E-state index is -0.679. The molecule has 1 atom stereocenters. The second kappa shape index (κ2) is 9.41. The largest absolute Gasteiger partial charge is 0.367 e. The Bertz CT molecular complexity index is 938. The van der Waals surface area contributed by atoms with Crippen LogP contribution in [0, 0.1) is 11.7 Å². The van der Waals surface area contributed by atoms with Crippen molar-refractivity contribution in [2.45, 2.75) is 64.0 Å². The molecule has 1 aromatic carbocycles. The number of carbonyl (C=O) groups is 3. The van der Waals surface area contributed by atoms with Gasteiger partial charge in [-0.2, -0.15) is 0 Å². The van der Waals surface area contributed by atoms with Gasteiger partial charge in [0.1, 0.15) is 11.9 Å². The molecule has 33 heavy (non-hydrogen) atoms. The Hall–Kier alpha value is -2.48. The molecule has 178 valence electrons. The number of imide groups is 1.